The lowest BCUT2D eigenvalue weighted by atomic mass is 10.1. The highest BCUT2D eigenvalue weighted by atomic mass is 16.2. The Kier molecular flexibility index (Phi) is 4.69. The number of amides is 1. The van der Waals surface area contributed by atoms with E-state index in [1.807, 2.05) is 0 Å². The minimum atomic E-state index is -0.447. The molecule has 0 radical (unpaired) electrons. The molecule has 1 aromatic heterocycles. The van der Waals surface area contributed by atoms with Crippen LogP contribution in [-0.2, 0) is 11.3 Å². The summed E-state index contributed by atoms with van der Waals surface area (Å²) in [5, 5.41) is 15.7. The summed E-state index contributed by atoms with van der Waals surface area (Å²) in [6.45, 7) is 2.32. The number of aromatic amines is 1. The third-order valence-corrected chi connectivity index (χ3v) is 2.02. The van der Waals surface area contributed by atoms with Crippen LogP contribution < -0.4 is 11.1 Å². The normalized spacial score (nSPS) is 12.4. The van der Waals surface area contributed by atoms with Crippen molar-refractivity contribution < 1.29 is 4.79 Å². The highest BCUT2D eigenvalue weighted by Gasteiger charge is 2.12. The average Bonchev–Trinajstić information content (AvgIpc) is 2.75. The number of aromatic nitrogens is 4. The lowest BCUT2D eigenvalue weighted by Gasteiger charge is -2.09. The molecule has 0 saturated carbocycles. The highest BCUT2D eigenvalue weighted by molar-refractivity contribution is 5.81. The van der Waals surface area contributed by atoms with Crippen LogP contribution in [0.1, 0.15) is 32.0 Å². The number of nitrogens with zero attached hydrogens (tertiary/aromatic N) is 3. The zero-order valence-electron chi connectivity index (χ0n) is 8.73. The fourth-order valence-electron chi connectivity index (χ4n) is 1.11. The number of carbonyl (C=O) groups is 1. The summed E-state index contributed by atoms with van der Waals surface area (Å²) in [4.78, 5) is 11.4. The minimum Gasteiger partial charge on any atom is -0.347 e. The van der Waals surface area contributed by atoms with E-state index in [2.05, 4.69) is 32.9 Å². The predicted octanol–water partition coefficient (Wildman–Crippen LogP) is -0.667. The molecular weight excluding hydrogens is 196 g/mol. The van der Waals surface area contributed by atoms with Crippen LogP contribution in [0.25, 0.3) is 0 Å². The molecule has 0 aromatic carbocycles. The average molecular weight is 212 g/mol. The summed E-state index contributed by atoms with van der Waals surface area (Å²) in [7, 11) is 0. The first kappa shape index (κ1) is 11.6. The van der Waals surface area contributed by atoms with Gasteiger partial charge in [0.05, 0.1) is 12.6 Å². The van der Waals surface area contributed by atoms with Crippen LogP contribution in [0.3, 0.4) is 0 Å². The topological polar surface area (TPSA) is 110 Å². The van der Waals surface area contributed by atoms with Crippen LogP contribution in [0.15, 0.2) is 0 Å². The van der Waals surface area contributed by atoms with E-state index in [0.29, 0.717) is 12.2 Å². The highest BCUT2D eigenvalue weighted by Crippen LogP contribution is 1.98. The first-order valence-corrected chi connectivity index (χ1v) is 4.99. The lowest BCUT2D eigenvalue weighted by Crippen LogP contribution is -2.40. The molecule has 0 unspecified atom stereocenters. The van der Waals surface area contributed by atoms with Gasteiger partial charge in [0, 0.05) is 0 Å². The number of rotatable bonds is 6. The SMILES string of the molecule is CCCC[C@H](N)C(=O)NCc1nn[nH]n1. The van der Waals surface area contributed by atoms with Crippen molar-refractivity contribution >= 4 is 5.91 Å². The molecule has 0 aliphatic rings. The van der Waals surface area contributed by atoms with Gasteiger partial charge in [-0.3, -0.25) is 4.79 Å². The number of tetrazole rings is 1. The molecule has 1 amide bonds. The molecular formula is C8H16N6O. The van der Waals surface area contributed by atoms with Gasteiger partial charge in [-0.15, -0.1) is 10.2 Å². The summed E-state index contributed by atoms with van der Waals surface area (Å²) < 4.78 is 0. The first-order chi connectivity index (χ1) is 7.24. The quantitative estimate of drug-likeness (QED) is 0.579. The molecule has 1 rings (SSSR count). The monoisotopic (exact) mass is 212 g/mol. The van der Waals surface area contributed by atoms with E-state index in [4.69, 9.17) is 5.73 Å². The number of H-pyrrole nitrogens is 1. The summed E-state index contributed by atoms with van der Waals surface area (Å²) in [6, 6.07) is -0.447. The summed E-state index contributed by atoms with van der Waals surface area (Å²) in [5.74, 6) is 0.277. The van der Waals surface area contributed by atoms with Gasteiger partial charge in [0.2, 0.25) is 5.91 Å². The molecule has 15 heavy (non-hydrogen) atoms. The Bertz CT molecular complexity index is 285. The van der Waals surface area contributed by atoms with Crippen molar-refractivity contribution in [2.75, 3.05) is 0 Å². The molecule has 7 heteroatoms. The predicted molar refractivity (Wildman–Crippen MR) is 53.5 cm³/mol. The van der Waals surface area contributed by atoms with Crippen molar-refractivity contribution in [3.8, 4) is 0 Å². The lowest BCUT2D eigenvalue weighted by molar-refractivity contribution is -0.122. The number of nitrogens with two attached hydrogens (primary N) is 1. The van der Waals surface area contributed by atoms with Crippen molar-refractivity contribution in [3.05, 3.63) is 5.82 Å². The third kappa shape index (κ3) is 4.03. The fourth-order valence-corrected chi connectivity index (χ4v) is 1.11. The van der Waals surface area contributed by atoms with E-state index in [9.17, 15) is 4.79 Å². The second-order valence-corrected chi connectivity index (χ2v) is 3.29. The summed E-state index contributed by atoms with van der Waals surface area (Å²) in [5.41, 5.74) is 5.67. The second kappa shape index (κ2) is 6.07. The van der Waals surface area contributed by atoms with Gasteiger partial charge in [0.1, 0.15) is 0 Å². The molecule has 0 saturated heterocycles. The van der Waals surface area contributed by atoms with E-state index in [1.165, 1.54) is 0 Å². The smallest absolute Gasteiger partial charge is 0.237 e. The number of hydrogen-bond acceptors (Lipinski definition) is 5. The number of nitrogens with one attached hydrogen (secondary N) is 2. The minimum absolute atomic E-state index is 0.173. The van der Waals surface area contributed by atoms with Gasteiger partial charge in [0.25, 0.3) is 0 Å². The third-order valence-electron chi connectivity index (χ3n) is 2.02. The zero-order valence-corrected chi connectivity index (χ0v) is 8.73. The van der Waals surface area contributed by atoms with Gasteiger partial charge < -0.3 is 11.1 Å². The van der Waals surface area contributed by atoms with Crippen molar-refractivity contribution in [1.82, 2.24) is 25.9 Å². The molecule has 1 aromatic rings. The van der Waals surface area contributed by atoms with E-state index in [1.54, 1.807) is 0 Å². The Morgan fingerprint density at radius 3 is 3.07 bits per heavy atom. The Morgan fingerprint density at radius 2 is 2.47 bits per heavy atom. The molecule has 0 spiro atoms. The summed E-state index contributed by atoms with van der Waals surface area (Å²) in [6.07, 6.45) is 2.69. The van der Waals surface area contributed by atoms with Crippen LogP contribution in [0.4, 0.5) is 0 Å². The first-order valence-electron chi connectivity index (χ1n) is 4.99. The van der Waals surface area contributed by atoms with Gasteiger partial charge >= 0.3 is 0 Å². The van der Waals surface area contributed by atoms with Gasteiger partial charge in [-0.2, -0.15) is 5.21 Å². The Labute approximate surface area is 87.8 Å². The zero-order chi connectivity index (χ0) is 11.1. The van der Waals surface area contributed by atoms with Crippen molar-refractivity contribution in [3.63, 3.8) is 0 Å². The Morgan fingerprint density at radius 1 is 1.67 bits per heavy atom. The van der Waals surface area contributed by atoms with Crippen LogP contribution in [0.5, 0.6) is 0 Å². The van der Waals surface area contributed by atoms with Gasteiger partial charge in [-0.05, 0) is 6.42 Å². The van der Waals surface area contributed by atoms with Crippen molar-refractivity contribution in [1.29, 1.82) is 0 Å². The van der Waals surface area contributed by atoms with Gasteiger partial charge in [-0.25, -0.2) is 0 Å². The van der Waals surface area contributed by atoms with Crippen LogP contribution in [0.2, 0.25) is 0 Å². The van der Waals surface area contributed by atoms with Gasteiger partial charge in [0.15, 0.2) is 5.82 Å². The van der Waals surface area contributed by atoms with E-state index < -0.39 is 6.04 Å². The molecule has 0 aliphatic heterocycles. The van der Waals surface area contributed by atoms with Gasteiger partial charge in [-0.1, -0.05) is 25.0 Å². The van der Waals surface area contributed by atoms with Crippen molar-refractivity contribution in [2.45, 2.75) is 38.8 Å². The number of unbranched alkanes of at least 4 members (excludes halogenated alkanes) is 1. The summed E-state index contributed by atoms with van der Waals surface area (Å²) >= 11 is 0. The number of carbonyl (C=O) groups excluding carboxylic acids is 1. The fraction of sp³-hybridized carbons (Fsp3) is 0.750. The van der Waals surface area contributed by atoms with Crippen LogP contribution in [-0.4, -0.2) is 32.6 Å². The molecule has 0 bridgehead atoms. The Hall–Kier alpha value is -1.50. The molecule has 1 atom stereocenters. The van der Waals surface area contributed by atoms with Crippen molar-refractivity contribution in [2.24, 2.45) is 5.73 Å². The van der Waals surface area contributed by atoms with Crippen LogP contribution in [0, 0.1) is 0 Å². The maximum absolute atomic E-state index is 11.4. The molecule has 0 fully saturated rings. The van der Waals surface area contributed by atoms with E-state index in [-0.39, 0.29) is 12.5 Å². The van der Waals surface area contributed by atoms with E-state index in [0.717, 1.165) is 12.8 Å². The van der Waals surface area contributed by atoms with Crippen LogP contribution >= 0.6 is 0 Å². The molecule has 1 heterocycles. The second-order valence-electron chi connectivity index (χ2n) is 3.29. The Balaban J connectivity index is 2.23. The number of hydrogen-bond donors (Lipinski definition) is 3. The molecule has 84 valence electrons. The molecule has 0 aliphatic carbocycles. The van der Waals surface area contributed by atoms with E-state index >= 15 is 0 Å². The standard InChI is InChI=1S/C8H16N6O/c1-2-3-4-6(9)8(15)10-5-7-11-13-14-12-7/h6H,2-5,9H2,1H3,(H,10,15)(H,11,12,13,14)/t6-/m0/s1. The molecule has 4 N–H and O–H groups in total. The largest absolute Gasteiger partial charge is 0.347 e. The maximum Gasteiger partial charge on any atom is 0.237 e. The molecule has 7 nitrogen and oxygen atoms in total. The maximum atomic E-state index is 11.4.